The summed E-state index contributed by atoms with van der Waals surface area (Å²) in [6, 6.07) is 11.3. The number of hydrogen-bond acceptors (Lipinski definition) is 4. The van der Waals surface area contributed by atoms with Crippen LogP contribution in [0.25, 0.3) is 6.08 Å². The minimum absolute atomic E-state index is 0.456. The van der Waals surface area contributed by atoms with Gasteiger partial charge in [0.2, 0.25) is 0 Å². The third-order valence-electron chi connectivity index (χ3n) is 2.60. The van der Waals surface area contributed by atoms with Gasteiger partial charge in [-0.05, 0) is 35.2 Å². The average molecular weight is 304 g/mol. The zero-order chi connectivity index (χ0) is 14.9. The molecule has 0 aliphatic rings. The van der Waals surface area contributed by atoms with Gasteiger partial charge in [0.15, 0.2) is 0 Å². The summed E-state index contributed by atoms with van der Waals surface area (Å²) >= 11 is 1.67. The van der Waals surface area contributed by atoms with Gasteiger partial charge in [0, 0.05) is 11.0 Å². The average Bonchev–Trinajstić information content (AvgIpc) is 2.98. The number of carbonyl (C=O) groups is 1. The van der Waals surface area contributed by atoms with E-state index in [1.54, 1.807) is 17.4 Å². The lowest BCUT2D eigenvalue weighted by molar-refractivity contribution is -0.131. The van der Waals surface area contributed by atoms with Crippen LogP contribution in [0, 0.1) is 0 Å². The quantitative estimate of drug-likeness (QED) is 0.599. The monoisotopic (exact) mass is 304 g/mol. The number of hydrogen-bond donors (Lipinski definition) is 1. The molecule has 1 aromatic carbocycles. The van der Waals surface area contributed by atoms with Gasteiger partial charge < -0.3 is 14.6 Å². The van der Waals surface area contributed by atoms with Crippen LogP contribution < -0.4 is 4.74 Å². The van der Waals surface area contributed by atoms with Crippen LogP contribution in [0.15, 0.2) is 47.9 Å². The van der Waals surface area contributed by atoms with Crippen molar-refractivity contribution in [1.82, 2.24) is 0 Å². The van der Waals surface area contributed by atoms with Crippen molar-refractivity contribution in [3.63, 3.8) is 0 Å². The van der Waals surface area contributed by atoms with E-state index in [1.807, 2.05) is 35.7 Å². The predicted octanol–water partition coefficient (Wildman–Crippen LogP) is 3.44. The molecule has 0 aliphatic carbocycles. The van der Waals surface area contributed by atoms with Gasteiger partial charge >= 0.3 is 5.97 Å². The van der Waals surface area contributed by atoms with E-state index in [-0.39, 0.29) is 0 Å². The second-order valence-corrected chi connectivity index (χ2v) is 5.26. The van der Waals surface area contributed by atoms with Gasteiger partial charge in [0.25, 0.3) is 0 Å². The van der Waals surface area contributed by atoms with Crippen LogP contribution in [0.2, 0.25) is 0 Å². The Morgan fingerprint density at radius 2 is 2.14 bits per heavy atom. The molecule has 0 bridgehead atoms. The molecule has 0 amide bonds. The third-order valence-corrected chi connectivity index (χ3v) is 3.45. The summed E-state index contributed by atoms with van der Waals surface area (Å²) in [7, 11) is 0. The Labute approximate surface area is 127 Å². The number of rotatable bonds is 8. The highest BCUT2D eigenvalue weighted by Gasteiger charge is 1.97. The topological polar surface area (TPSA) is 55.8 Å². The van der Waals surface area contributed by atoms with Gasteiger partial charge in [0.05, 0.1) is 13.2 Å². The van der Waals surface area contributed by atoms with Gasteiger partial charge in [-0.15, -0.1) is 11.3 Å². The number of carboxylic acid groups (broad SMARTS) is 1. The largest absolute Gasteiger partial charge is 0.491 e. The molecule has 0 spiro atoms. The molecule has 1 N–H and O–H groups in total. The minimum Gasteiger partial charge on any atom is -0.491 e. The van der Waals surface area contributed by atoms with Crippen molar-refractivity contribution in [2.45, 2.75) is 6.61 Å². The lowest BCUT2D eigenvalue weighted by Gasteiger charge is -2.07. The van der Waals surface area contributed by atoms with E-state index >= 15 is 0 Å². The molecule has 2 rings (SSSR count). The second-order valence-electron chi connectivity index (χ2n) is 4.22. The van der Waals surface area contributed by atoms with Crippen LogP contribution in [-0.4, -0.2) is 24.3 Å². The number of benzene rings is 1. The van der Waals surface area contributed by atoms with E-state index in [1.165, 1.54) is 11.0 Å². The van der Waals surface area contributed by atoms with E-state index in [9.17, 15) is 4.79 Å². The van der Waals surface area contributed by atoms with Crippen molar-refractivity contribution >= 4 is 23.4 Å². The highest BCUT2D eigenvalue weighted by molar-refractivity contribution is 7.09. The Morgan fingerprint density at radius 1 is 1.24 bits per heavy atom. The number of ether oxygens (including phenoxy) is 2. The standard InChI is InChI=1S/C16H16O4S/c17-16(18)7-6-13-3-1-4-14(11-13)20-9-8-19-12-15-5-2-10-21-15/h1-7,10-11H,8-9,12H2,(H,17,18). The molecule has 21 heavy (non-hydrogen) atoms. The van der Waals surface area contributed by atoms with Crippen LogP contribution in [0.5, 0.6) is 5.75 Å². The zero-order valence-electron chi connectivity index (χ0n) is 11.4. The molecular weight excluding hydrogens is 288 g/mol. The lowest BCUT2D eigenvalue weighted by atomic mass is 10.2. The molecule has 4 nitrogen and oxygen atoms in total. The van der Waals surface area contributed by atoms with Crippen molar-refractivity contribution in [2.75, 3.05) is 13.2 Å². The molecule has 0 atom stereocenters. The molecule has 0 unspecified atom stereocenters. The van der Waals surface area contributed by atoms with Crippen LogP contribution >= 0.6 is 11.3 Å². The van der Waals surface area contributed by atoms with Gasteiger partial charge in [-0.3, -0.25) is 0 Å². The number of carboxylic acids is 1. The Hall–Kier alpha value is -2.11. The van der Waals surface area contributed by atoms with Crippen LogP contribution in [0.4, 0.5) is 0 Å². The van der Waals surface area contributed by atoms with Gasteiger partial charge in [0.1, 0.15) is 12.4 Å². The fourth-order valence-corrected chi connectivity index (χ4v) is 2.30. The molecule has 0 saturated heterocycles. The van der Waals surface area contributed by atoms with E-state index in [2.05, 4.69) is 0 Å². The fourth-order valence-electron chi connectivity index (χ4n) is 1.66. The molecule has 110 valence electrons. The van der Waals surface area contributed by atoms with Crippen molar-refractivity contribution < 1.29 is 19.4 Å². The predicted molar refractivity (Wildman–Crippen MR) is 82.6 cm³/mol. The molecule has 0 fully saturated rings. The summed E-state index contributed by atoms with van der Waals surface area (Å²) in [5.41, 5.74) is 0.786. The summed E-state index contributed by atoms with van der Waals surface area (Å²) in [6.45, 7) is 1.56. The van der Waals surface area contributed by atoms with E-state index < -0.39 is 5.97 Å². The van der Waals surface area contributed by atoms with E-state index in [0.717, 1.165) is 11.6 Å². The molecule has 1 aromatic heterocycles. The van der Waals surface area contributed by atoms with Crippen molar-refractivity contribution in [3.8, 4) is 5.75 Å². The second kappa shape index (κ2) is 8.24. The Balaban J connectivity index is 1.72. The fraction of sp³-hybridized carbons (Fsp3) is 0.188. The first kappa shape index (κ1) is 15.3. The summed E-state index contributed by atoms with van der Waals surface area (Å²) in [5, 5.41) is 10.6. The van der Waals surface area contributed by atoms with Crippen molar-refractivity contribution in [3.05, 3.63) is 58.3 Å². The van der Waals surface area contributed by atoms with Gasteiger partial charge in [-0.2, -0.15) is 0 Å². The molecule has 1 heterocycles. The number of thiophene rings is 1. The summed E-state index contributed by atoms with van der Waals surface area (Å²) in [6.07, 6.45) is 2.63. The first-order chi connectivity index (χ1) is 10.2. The molecule has 2 aromatic rings. The Kier molecular flexibility index (Phi) is 5.99. The first-order valence-corrected chi connectivity index (χ1v) is 7.36. The normalized spacial score (nSPS) is 10.9. The Morgan fingerprint density at radius 3 is 2.90 bits per heavy atom. The molecule has 0 aliphatic heterocycles. The molecule has 5 heteroatoms. The summed E-state index contributed by atoms with van der Waals surface area (Å²) in [4.78, 5) is 11.7. The Bertz CT molecular complexity index is 590. The highest BCUT2D eigenvalue weighted by atomic mass is 32.1. The summed E-state index contributed by atoms with van der Waals surface area (Å²) < 4.78 is 11.1. The summed E-state index contributed by atoms with van der Waals surface area (Å²) in [5.74, 6) is -0.273. The van der Waals surface area contributed by atoms with E-state index in [0.29, 0.717) is 25.6 Å². The first-order valence-electron chi connectivity index (χ1n) is 6.48. The van der Waals surface area contributed by atoms with Crippen LogP contribution in [-0.2, 0) is 16.1 Å². The van der Waals surface area contributed by atoms with Crippen molar-refractivity contribution in [2.24, 2.45) is 0 Å². The molecule has 0 radical (unpaired) electrons. The maximum absolute atomic E-state index is 10.5. The third kappa shape index (κ3) is 5.81. The van der Waals surface area contributed by atoms with Crippen LogP contribution in [0.3, 0.4) is 0 Å². The van der Waals surface area contributed by atoms with E-state index in [4.69, 9.17) is 14.6 Å². The zero-order valence-corrected chi connectivity index (χ0v) is 12.2. The van der Waals surface area contributed by atoms with Gasteiger partial charge in [-0.1, -0.05) is 18.2 Å². The van der Waals surface area contributed by atoms with Crippen LogP contribution in [0.1, 0.15) is 10.4 Å². The maximum Gasteiger partial charge on any atom is 0.328 e. The van der Waals surface area contributed by atoms with Crippen molar-refractivity contribution in [1.29, 1.82) is 0 Å². The molecule has 0 saturated carbocycles. The maximum atomic E-state index is 10.5. The SMILES string of the molecule is O=C(O)C=Cc1cccc(OCCOCc2cccs2)c1. The molecular formula is C16H16O4S. The smallest absolute Gasteiger partial charge is 0.328 e. The highest BCUT2D eigenvalue weighted by Crippen LogP contribution is 2.14. The minimum atomic E-state index is -0.969. The number of aliphatic carboxylic acids is 1. The van der Waals surface area contributed by atoms with Gasteiger partial charge in [-0.25, -0.2) is 4.79 Å². The lowest BCUT2D eigenvalue weighted by Crippen LogP contribution is -2.06.